The summed E-state index contributed by atoms with van der Waals surface area (Å²) in [6.45, 7) is 4.28. The van der Waals surface area contributed by atoms with Gasteiger partial charge in [-0.2, -0.15) is 0 Å². The summed E-state index contributed by atoms with van der Waals surface area (Å²) >= 11 is 0. The molecule has 0 bridgehead atoms. The molecule has 0 heterocycles. The van der Waals surface area contributed by atoms with Crippen LogP contribution in [0.4, 0.5) is 0 Å². The van der Waals surface area contributed by atoms with Gasteiger partial charge < -0.3 is 0 Å². The average Bonchev–Trinajstić information content (AvgIpc) is 2.92. The Kier molecular flexibility index (Phi) is 6.60. The van der Waals surface area contributed by atoms with Crippen LogP contribution in [-0.4, -0.2) is 0 Å². The molecule has 0 atom stereocenters. The Morgan fingerprint density at radius 3 is 1.59 bits per heavy atom. The van der Waals surface area contributed by atoms with E-state index in [9.17, 15) is 0 Å². The van der Waals surface area contributed by atoms with Gasteiger partial charge in [0.05, 0.1) is 0 Å². The fourth-order valence-corrected chi connectivity index (χ4v) is 3.16. The lowest BCUT2D eigenvalue weighted by atomic mass is 9.97. The van der Waals surface area contributed by atoms with Crippen LogP contribution in [0, 0.1) is 6.92 Å². The van der Waals surface area contributed by atoms with Crippen molar-refractivity contribution in [2.75, 3.05) is 0 Å². The van der Waals surface area contributed by atoms with Crippen LogP contribution in [0.1, 0.15) is 30.0 Å². The molecule has 0 spiro atoms. The molecule has 134 valence electrons. The summed E-state index contributed by atoms with van der Waals surface area (Å²) in [7, 11) is 0. The molecular weight excluding hydrogens is 324 g/mol. The number of rotatable bonds is 2. The van der Waals surface area contributed by atoms with Crippen LogP contribution in [0.25, 0.3) is 11.1 Å². The van der Waals surface area contributed by atoms with Crippen LogP contribution < -0.4 is 0 Å². The number of hydrogen-bond donors (Lipinski definition) is 0. The van der Waals surface area contributed by atoms with E-state index in [0.29, 0.717) is 0 Å². The van der Waals surface area contributed by atoms with Crippen molar-refractivity contribution in [3.05, 3.63) is 131 Å². The SMILES string of the molecule is CC1=CC(c2ccccc2)=CCC=C1c1ccccc1.Cc1ccccc1. The van der Waals surface area contributed by atoms with Crippen LogP contribution in [0.5, 0.6) is 0 Å². The topological polar surface area (TPSA) is 0 Å². The number of aryl methyl sites for hydroxylation is 1. The van der Waals surface area contributed by atoms with Crippen LogP contribution >= 0.6 is 0 Å². The molecule has 0 unspecified atom stereocenters. The van der Waals surface area contributed by atoms with Gasteiger partial charge in [-0.05, 0) is 48.1 Å². The van der Waals surface area contributed by atoms with Crippen molar-refractivity contribution < 1.29 is 0 Å². The van der Waals surface area contributed by atoms with Crippen molar-refractivity contribution >= 4 is 11.1 Å². The zero-order chi connectivity index (χ0) is 18.9. The maximum absolute atomic E-state index is 2.32. The second-order valence-corrected chi connectivity index (χ2v) is 6.73. The van der Waals surface area contributed by atoms with Gasteiger partial charge in [-0.15, -0.1) is 0 Å². The first-order chi connectivity index (χ1) is 13.2. The maximum Gasteiger partial charge on any atom is -0.0151 e. The molecule has 0 heteroatoms. The van der Waals surface area contributed by atoms with Gasteiger partial charge in [0.2, 0.25) is 0 Å². The molecule has 3 aromatic rings. The molecule has 0 nitrogen and oxygen atoms in total. The summed E-state index contributed by atoms with van der Waals surface area (Å²) in [4.78, 5) is 0. The summed E-state index contributed by atoms with van der Waals surface area (Å²) in [6.07, 6.45) is 7.88. The second-order valence-electron chi connectivity index (χ2n) is 6.73. The van der Waals surface area contributed by atoms with Gasteiger partial charge in [-0.1, -0.05) is 115 Å². The molecule has 0 radical (unpaired) electrons. The summed E-state index contributed by atoms with van der Waals surface area (Å²) in [5, 5.41) is 0. The summed E-state index contributed by atoms with van der Waals surface area (Å²) in [5.74, 6) is 0. The molecule has 1 aliphatic rings. The molecule has 0 amide bonds. The highest BCUT2D eigenvalue weighted by atomic mass is 14.1. The Balaban J connectivity index is 0.000000253. The Morgan fingerprint density at radius 2 is 1.07 bits per heavy atom. The van der Waals surface area contributed by atoms with E-state index in [4.69, 9.17) is 0 Å². The predicted molar refractivity (Wildman–Crippen MR) is 118 cm³/mol. The Hall–Kier alpha value is -3.12. The van der Waals surface area contributed by atoms with Gasteiger partial charge in [0, 0.05) is 0 Å². The molecule has 4 rings (SSSR count). The van der Waals surface area contributed by atoms with Crippen LogP contribution in [0.3, 0.4) is 0 Å². The quantitative estimate of drug-likeness (QED) is 0.449. The smallest absolute Gasteiger partial charge is 0.0151 e. The molecule has 0 aliphatic heterocycles. The molecule has 0 saturated carbocycles. The van der Waals surface area contributed by atoms with Crippen molar-refractivity contribution in [1.29, 1.82) is 0 Å². The Bertz CT molecular complexity index is 927. The lowest BCUT2D eigenvalue weighted by molar-refractivity contribution is 1.39. The predicted octanol–water partition coefficient (Wildman–Crippen LogP) is 7.50. The lowest BCUT2D eigenvalue weighted by Crippen LogP contribution is -1.86. The van der Waals surface area contributed by atoms with E-state index in [1.54, 1.807) is 0 Å². The first-order valence-corrected chi connectivity index (χ1v) is 9.45. The first-order valence-electron chi connectivity index (χ1n) is 9.45. The zero-order valence-electron chi connectivity index (χ0n) is 16.1. The maximum atomic E-state index is 2.32. The largest absolute Gasteiger partial charge is 0.0728 e. The van der Waals surface area contributed by atoms with Crippen LogP contribution in [0.15, 0.2) is 115 Å². The minimum atomic E-state index is 0.974. The van der Waals surface area contributed by atoms with Crippen molar-refractivity contribution in [2.24, 2.45) is 0 Å². The minimum absolute atomic E-state index is 0.974. The fraction of sp³-hybridized carbons (Fsp3) is 0.111. The van der Waals surface area contributed by atoms with E-state index in [0.717, 1.165) is 6.42 Å². The Morgan fingerprint density at radius 1 is 0.556 bits per heavy atom. The molecule has 27 heavy (non-hydrogen) atoms. The molecule has 0 fully saturated rings. The van der Waals surface area contributed by atoms with Crippen molar-refractivity contribution in [3.63, 3.8) is 0 Å². The Labute approximate surface area is 163 Å². The first kappa shape index (κ1) is 18.7. The van der Waals surface area contributed by atoms with Gasteiger partial charge in [0.1, 0.15) is 0 Å². The van der Waals surface area contributed by atoms with E-state index in [2.05, 4.69) is 105 Å². The van der Waals surface area contributed by atoms with Gasteiger partial charge in [0.25, 0.3) is 0 Å². The normalized spacial score (nSPS) is 13.3. The standard InChI is InChI=1S/C20H18.C7H8/c1-16-15-19(17-9-4-2-5-10-17)13-8-14-20(16)18-11-6-3-7-12-18;1-7-5-3-2-4-6-7/h2-7,9-15H,8H2,1H3;2-6H,1H3. The third-order valence-electron chi connectivity index (χ3n) is 4.59. The third-order valence-corrected chi connectivity index (χ3v) is 4.59. The van der Waals surface area contributed by atoms with Crippen molar-refractivity contribution in [3.8, 4) is 0 Å². The lowest BCUT2D eigenvalue weighted by Gasteiger charge is -2.08. The molecule has 0 N–H and O–H groups in total. The number of hydrogen-bond acceptors (Lipinski definition) is 0. The minimum Gasteiger partial charge on any atom is -0.0728 e. The fourth-order valence-electron chi connectivity index (χ4n) is 3.16. The molecule has 0 aromatic heterocycles. The summed E-state index contributed by atoms with van der Waals surface area (Å²) < 4.78 is 0. The summed E-state index contributed by atoms with van der Waals surface area (Å²) in [6, 6.07) is 31.5. The number of benzene rings is 3. The highest BCUT2D eigenvalue weighted by molar-refractivity contribution is 5.86. The third kappa shape index (κ3) is 5.43. The van der Waals surface area contributed by atoms with Gasteiger partial charge in [0.15, 0.2) is 0 Å². The summed E-state index contributed by atoms with van der Waals surface area (Å²) in [5.41, 5.74) is 7.88. The highest BCUT2D eigenvalue weighted by Crippen LogP contribution is 2.30. The van der Waals surface area contributed by atoms with Gasteiger partial charge >= 0.3 is 0 Å². The van der Waals surface area contributed by atoms with Crippen molar-refractivity contribution in [2.45, 2.75) is 20.3 Å². The van der Waals surface area contributed by atoms with Crippen LogP contribution in [0.2, 0.25) is 0 Å². The zero-order valence-corrected chi connectivity index (χ0v) is 16.1. The van der Waals surface area contributed by atoms with Gasteiger partial charge in [-0.3, -0.25) is 0 Å². The van der Waals surface area contributed by atoms with Gasteiger partial charge in [-0.25, -0.2) is 0 Å². The number of allylic oxidation sites excluding steroid dienone is 6. The second kappa shape index (κ2) is 9.54. The molecule has 1 aliphatic carbocycles. The van der Waals surface area contributed by atoms with E-state index < -0.39 is 0 Å². The molecule has 0 saturated heterocycles. The van der Waals surface area contributed by atoms with Crippen LogP contribution in [-0.2, 0) is 0 Å². The van der Waals surface area contributed by atoms with E-state index in [-0.39, 0.29) is 0 Å². The monoisotopic (exact) mass is 350 g/mol. The van der Waals surface area contributed by atoms with E-state index in [1.807, 2.05) is 18.2 Å². The molecular formula is C27H26. The van der Waals surface area contributed by atoms with Crippen molar-refractivity contribution in [1.82, 2.24) is 0 Å². The van der Waals surface area contributed by atoms with E-state index >= 15 is 0 Å². The van der Waals surface area contributed by atoms with E-state index in [1.165, 1.54) is 33.4 Å². The highest BCUT2D eigenvalue weighted by Gasteiger charge is 2.08. The average molecular weight is 351 g/mol. The molecule has 3 aromatic carbocycles.